The lowest BCUT2D eigenvalue weighted by Gasteiger charge is -2.17. The summed E-state index contributed by atoms with van der Waals surface area (Å²) in [5.41, 5.74) is 1.97. The number of fused-ring (bicyclic) bond motifs is 1. The molecule has 0 spiro atoms. The van der Waals surface area contributed by atoms with Crippen LogP contribution in [0, 0.1) is 0 Å². The van der Waals surface area contributed by atoms with Gasteiger partial charge in [0, 0.05) is 12.2 Å². The van der Waals surface area contributed by atoms with E-state index in [2.05, 4.69) is 10.3 Å². The first kappa shape index (κ1) is 14.8. The summed E-state index contributed by atoms with van der Waals surface area (Å²) in [5.74, 6) is -0.186. The number of para-hydroxylation sites is 1. The Morgan fingerprint density at radius 2 is 2.14 bits per heavy atom. The number of nitrogens with zero attached hydrogens (tertiary/aromatic N) is 2. The number of rotatable bonds is 3. The van der Waals surface area contributed by atoms with Crippen LogP contribution in [0.5, 0.6) is 0 Å². The van der Waals surface area contributed by atoms with Gasteiger partial charge in [0.15, 0.2) is 5.13 Å². The SMILES string of the molecule is O=C(CNc1ncc(C(F)(F)F)s1)N1CCc2ccccc21. The molecule has 0 atom stereocenters. The molecular formula is C14H12F3N3OS. The second-order valence-corrected chi connectivity index (χ2v) is 5.84. The number of hydrogen-bond donors (Lipinski definition) is 1. The third-order valence-electron chi connectivity index (χ3n) is 3.36. The minimum absolute atomic E-state index is 0.0842. The molecule has 22 heavy (non-hydrogen) atoms. The van der Waals surface area contributed by atoms with Crippen molar-refractivity contribution in [2.24, 2.45) is 0 Å². The number of carbonyl (C=O) groups excluding carboxylic acids is 1. The van der Waals surface area contributed by atoms with Gasteiger partial charge < -0.3 is 10.2 Å². The largest absolute Gasteiger partial charge is 0.427 e. The van der Waals surface area contributed by atoms with Crippen LogP contribution in [0.2, 0.25) is 0 Å². The summed E-state index contributed by atoms with van der Waals surface area (Å²) in [6.07, 6.45) is -2.85. The first-order chi connectivity index (χ1) is 10.4. The van der Waals surface area contributed by atoms with Crippen molar-refractivity contribution in [1.29, 1.82) is 0 Å². The lowest BCUT2D eigenvalue weighted by atomic mass is 10.2. The molecule has 8 heteroatoms. The molecule has 0 saturated heterocycles. The quantitative estimate of drug-likeness (QED) is 0.942. The molecule has 2 aromatic rings. The molecule has 2 heterocycles. The molecule has 0 bridgehead atoms. The molecule has 0 aliphatic carbocycles. The Kier molecular flexibility index (Phi) is 3.78. The summed E-state index contributed by atoms with van der Waals surface area (Å²) in [6.45, 7) is 0.505. The number of carbonyl (C=O) groups is 1. The Morgan fingerprint density at radius 3 is 2.86 bits per heavy atom. The molecule has 0 unspecified atom stereocenters. The molecule has 0 fully saturated rings. The van der Waals surface area contributed by atoms with E-state index in [1.807, 2.05) is 24.3 Å². The van der Waals surface area contributed by atoms with Gasteiger partial charge in [-0.1, -0.05) is 29.5 Å². The van der Waals surface area contributed by atoms with E-state index in [0.717, 1.165) is 23.9 Å². The van der Waals surface area contributed by atoms with Crippen molar-refractivity contribution in [2.45, 2.75) is 12.6 Å². The predicted octanol–water partition coefficient (Wildman–Crippen LogP) is 3.16. The average Bonchev–Trinajstić information content (AvgIpc) is 3.11. The molecule has 116 valence electrons. The monoisotopic (exact) mass is 327 g/mol. The summed E-state index contributed by atoms with van der Waals surface area (Å²) in [5, 5.41) is 2.75. The molecule has 1 aromatic heterocycles. The van der Waals surface area contributed by atoms with Gasteiger partial charge in [-0.15, -0.1) is 0 Å². The van der Waals surface area contributed by atoms with Gasteiger partial charge in [0.05, 0.1) is 12.7 Å². The molecule has 0 radical (unpaired) electrons. The zero-order valence-corrected chi connectivity index (χ0v) is 12.2. The van der Waals surface area contributed by atoms with Gasteiger partial charge in [-0.3, -0.25) is 4.79 Å². The van der Waals surface area contributed by atoms with Crippen LogP contribution in [0.15, 0.2) is 30.5 Å². The number of aromatic nitrogens is 1. The summed E-state index contributed by atoms with van der Waals surface area (Å²) in [7, 11) is 0. The molecule has 1 aromatic carbocycles. The predicted molar refractivity (Wildman–Crippen MR) is 78.1 cm³/mol. The lowest BCUT2D eigenvalue weighted by Crippen LogP contribution is -2.34. The van der Waals surface area contributed by atoms with Crippen molar-refractivity contribution in [3.8, 4) is 0 Å². The van der Waals surface area contributed by atoms with E-state index in [4.69, 9.17) is 0 Å². The number of hydrogen-bond acceptors (Lipinski definition) is 4. The topological polar surface area (TPSA) is 45.2 Å². The van der Waals surface area contributed by atoms with Gasteiger partial charge in [0.1, 0.15) is 4.88 Å². The van der Waals surface area contributed by atoms with Crippen LogP contribution in [-0.4, -0.2) is 24.0 Å². The van der Waals surface area contributed by atoms with E-state index in [0.29, 0.717) is 17.9 Å². The van der Waals surface area contributed by atoms with Gasteiger partial charge in [0.25, 0.3) is 0 Å². The van der Waals surface area contributed by atoms with Crippen molar-refractivity contribution in [2.75, 3.05) is 23.3 Å². The van der Waals surface area contributed by atoms with Crippen LogP contribution in [0.25, 0.3) is 0 Å². The first-order valence-electron chi connectivity index (χ1n) is 6.60. The third kappa shape index (κ3) is 2.92. The number of thiazole rings is 1. The van der Waals surface area contributed by atoms with Crippen LogP contribution >= 0.6 is 11.3 Å². The highest BCUT2D eigenvalue weighted by molar-refractivity contribution is 7.15. The van der Waals surface area contributed by atoms with Crippen LogP contribution in [-0.2, 0) is 17.4 Å². The zero-order valence-electron chi connectivity index (χ0n) is 11.4. The van der Waals surface area contributed by atoms with E-state index >= 15 is 0 Å². The second-order valence-electron chi connectivity index (χ2n) is 4.81. The van der Waals surface area contributed by atoms with Crippen LogP contribution in [0.1, 0.15) is 10.4 Å². The highest BCUT2D eigenvalue weighted by Gasteiger charge is 2.33. The Balaban J connectivity index is 1.63. The number of amides is 1. The zero-order chi connectivity index (χ0) is 15.7. The third-order valence-corrected chi connectivity index (χ3v) is 4.36. The standard InChI is InChI=1S/C14H12F3N3OS/c15-14(16,17)11-7-18-13(22-11)19-8-12(21)20-6-5-9-3-1-2-4-10(9)20/h1-4,7H,5-6,8H2,(H,18,19). The van der Waals surface area contributed by atoms with Gasteiger partial charge in [0.2, 0.25) is 5.91 Å². The van der Waals surface area contributed by atoms with E-state index in [1.165, 1.54) is 0 Å². The summed E-state index contributed by atoms with van der Waals surface area (Å²) in [4.78, 5) is 16.7. The van der Waals surface area contributed by atoms with Gasteiger partial charge in [-0.2, -0.15) is 13.2 Å². The van der Waals surface area contributed by atoms with Gasteiger partial charge in [-0.05, 0) is 18.1 Å². The highest BCUT2D eigenvalue weighted by Crippen LogP contribution is 2.35. The number of halogens is 3. The normalized spacial score (nSPS) is 14.0. The number of anilines is 2. The molecule has 1 amide bonds. The Labute approximate surface area is 128 Å². The number of benzene rings is 1. The molecule has 0 saturated carbocycles. The van der Waals surface area contributed by atoms with Crippen LogP contribution < -0.4 is 10.2 Å². The fraction of sp³-hybridized carbons (Fsp3) is 0.286. The van der Waals surface area contributed by atoms with Crippen molar-refractivity contribution >= 4 is 28.1 Å². The Morgan fingerprint density at radius 1 is 1.36 bits per heavy atom. The summed E-state index contributed by atoms with van der Waals surface area (Å²) in [6, 6.07) is 7.60. The smallest absolute Gasteiger partial charge is 0.352 e. The van der Waals surface area contributed by atoms with E-state index in [1.54, 1.807) is 4.90 Å². The molecule has 1 N–H and O–H groups in total. The molecular weight excluding hydrogens is 315 g/mol. The average molecular weight is 327 g/mol. The van der Waals surface area contributed by atoms with Crippen molar-refractivity contribution in [1.82, 2.24) is 4.98 Å². The van der Waals surface area contributed by atoms with E-state index < -0.39 is 11.1 Å². The Bertz CT molecular complexity index is 699. The molecule has 4 nitrogen and oxygen atoms in total. The molecule has 3 rings (SSSR count). The van der Waals surface area contributed by atoms with Crippen LogP contribution in [0.4, 0.5) is 24.0 Å². The maximum atomic E-state index is 12.5. The van der Waals surface area contributed by atoms with Crippen LogP contribution in [0.3, 0.4) is 0 Å². The van der Waals surface area contributed by atoms with Gasteiger partial charge in [-0.25, -0.2) is 4.98 Å². The van der Waals surface area contributed by atoms with Gasteiger partial charge >= 0.3 is 6.18 Å². The summed E-state index contributed by atoms with van der Waals surface area (Å²) < 4.78 is 37.4. The Hall–Kier alpha value is -2.09. The highest BCUT2D eigenvalue weighted by atomic mass is 32.1. The van der Waals surface area contributed by atoms with E-state index in [9.17, 15) is 18.0 Å². The van der Waals surface area contributed by atoms with Crippen molar-refractivity contribution in [3.63, 3.8) is 0 Å². The van der Waals surface area contributed by atoms with E-state index in [-0.39, 0.29) is 17.6 Å². The van der Waals surface area contributed by atoms with Crippen molar-refractivity contribution < 1.29 is 18.0 Å². The number of nitrogens with one attached hydrogen (secondary N) is 1. The minimum atomic E-state index is -4.41. The minimum Gasteiger partial charge on any atom is -0.352 e. The van der Waals surface area contributed by atoms with Crippen molar-refractivity contribution in [3.05, 3.63) is 40.9 Å². The fourth-order valence-corrected chi connectivity index (χ4v) is 3.01. The molecule has 1 aliphatic rings. The summed E-state index contributed by atoms with van der Waals surface area (Å²) >= 11 is 0.492. The maximum Gasteiger partial charge on any atom is 0.427 e. The lowest BCUT2D eigenvalue weighted by molar-refractivity contribution is -0.134. The first-order valence-corrected chi connectivity index (χ1v) is 7.42. The molecule has 1 aliphatic heterocycles. The fourth-order valence-electron chi connectivity index (χ4n) is 2.33. The maximum absolute atomic E-state index is 12.5. The second kappa shape index (κ2) is 5.60. The number of alkyl halides is 3.